The van der Waals surface area contributed by atoms with Gasteiger partial charge >= 0.3 is 6.03 Å². The van der Waals surface area contributed by atoms with E-state index in [2.05, 4.69) is 5.32 Å². The number of hydrogen-bond acceptors (Lipinski definition) is 4. The van der Waals surface area contributed by atoms with Gasteiger partial charge in [-0.3, -0.25) is 14.9 Å². The van der Waals surface area contributed by atoms with Crippen LogP contribution in [0.15, 0.2) is 66.4 Å². The number of halogens is 1. The largest absolute Gasteiger partial charge is 0.491 e. The first-order valence-corrected chi connectivity index (χ1v) is 10.4. The summed E-state index contributed by atoms with van der Waals surface area (Å²) in [7, 11) is 0. The van der Waals surface area contributed by atoms with Crippen molar-refractivity contribution in [2.75, 3.05) is 11.5 Å². The molecule has 3 aromatic rings. The van der Waals surface area contributed by atoms with E-state index in [4.69, 9.17) is 4.74 Å². The Balaban J connectivity index is 1.53. The van der Waals surface area contributed by atoms with Crippen LogP contribution in [0.25, 0.3) is 6.08 Å². The Morgan fingerprint density at radius 3 is 2.52 bits per heavy atom. The van der Waals surface area contributed by atoms with Gasteiger partial charge in [-0.15, -0.1) is 0 Å². The molecule has 0 aliphatic carbocycles. The van der Waals surface area contributed by atoms with E-state index in [9.17, 15) is 18.8 Å². The van der Waals surface area contributed by atoms with Crippen LogP contribution < -0.4 is 15.0 Å². The number of amides is 4. The number of anilines is 1. The van der Waals surface area contributed by atoms with Crippen LogP contribution in [-0.4, -0.2) is 29.0 Å². The summed E-state index contributed by atoms with van der Waals surface area (Å²) >= 11 is 0. The Kier molecular flexibility index (Phi) is 6.08. The molecule has 1 aliphatic rings. The van der Waals surface area contributed by atoms with Gasteiger partial charge in [-0.2, -0.15) is 0 Å². The first kappa shape index (κ1) is 22.0. The van der Waals surface area contributed by atoms with Crippen molar-refractivity contribution in [3.8, 4) is 5.75 Å². The molecule has 33 heavy (non-hydrogen) atoms. The molecule has 1 saturated heterocycles. The normalized spacial score (nSPS) is 15.2. The van der Waals surface area contributed by atoms with Crippen LogP contribution in [0.3, 0.4) is 0 Å². The Bertz CT molecular complexity index is 1260. The van der Waals surface area contributed by atoms with Crippen LogP contribution in [0, 0.1) is 19.7 Å². The number of carbonyl (C=O) groups is 3. The summed E-state index contributed by atoms with van der Waals surface area (Å²) in [5, 5.41) is 2.16. The highest BCUT2D eigenvalue weighted by Gasteiger charge is 2.37. The van der Waals surface area contributed by atoms with Crippen LogP contribution >= 0.6 is 0 Å². The van der Waals surface area contributed by atoms with E-state index >= 15 is 0 Å². The summed E-state index contributed by atoms with van der Waals surface area (Å²) < 4.78 is 21.0. The van der Waals surface area contributed by atoms with Crippen molar-refractivity contribution < 1.29 is 23.5 Å². The third-order valence-electron chi connectivity index (χ3n) is 5.26. The van der Waals surface area contributed by atoms with Crippen LogP contribution in [0.2, 0.25) is 0 Å². The molecule has 0 saturated carbocycles. The highest BCUT2D eigenvalue weighted by molar-refractivity contribution is 6.39. The van der Waals surface area contributed by atoms with E-state index < -0.39 is 23.7 Å². The van der Waals surface area contributed by atoms with Gasteiger partial charge in [0.1, 0.15) is 23.7 Å². The number of hydrogen-bond donors (Lipinski definition) is 1. The molecule has 1 aromatic heterocycles. The maximum absolute atomic E-state index is 13.3. The Morgan fingerprint density at radius 1 is 1.03 bits per heavy atom. The monoisotopic (exact) mass is 447 g/mol. The van der Waals surface area contributed by atoms with Crippen molar-refractivity contribution in [3.63, 3.8) is 0 Å². The predicted molar refractivity (Wildman–Crippen MR) is 121 cm³/mol. The molecule has 168 valence electrons. The van der Waals surface area contributed by atoms with E-state index in [1.807, 2.05) is 42.8 Å². The van der Waals surface area contributed by atoms with Crippen LogP contribution in [0.5, 0.6) is 5.75 Å². The number of nitrogens with zero attached hydrogens (tertiary/aromatic N) is 2. The van der Waals surface area contributed by atoms with Crippen molar-refractivity contribution in [2.24, 2.45) is 0 Å². The number of barbiturate groups is 1. The van der Waals surface area contributed by atoms with Gasteiger partial charge in [0.2, 0.25) is 0 Å². The zero-order valence-electron chi connectivity index (χ0n) is 18.2. The summed E-state index contributed by atoms with van der Waals surface area (Å²) in [4.78, 5) is 38.5. The Morgan fingerprint density at radius 2 is 1.79 bits per heavy atom. The van der Waals surface area contributed by atoms with Crippen molar-refractivity contribution in [1.29, 1.82) is 0 Å². The maximum Gasteiger partial charge on any atom is 0.335 e. The second-order valence-electron chi connectivity index (χ2n) is 7.68. The van der Waals surface area contributed by atoms with Gasteiger partial charge in [0.05, 0.1) is 12.2 Å². The summed E-state index contributed by atoms with van der Waals surface area (Å²) in [5.74, 6) is -1.28. The lowest BCUT2D eigenvalue weighted by molar-refractivity contribution is -0.122. The number of urea groups is 1. The molecule has 0 unspecified atom stereocenters. The zero-order valence-corrected chi connectivity index (χ0v) is 18.2. The fourth-order valence-corrected chi connectivity index (χ4v) is 3.61. The second kappa shape index (κ2) is 9.12. The average molecular weight is 447 g/mol. The summed E-state index contributed by atoms with van der Waals surface area (Å²) in [5.41, 5.74) is 2.76. The maximum atomic E-state index is 13.3. The van der Waals surface area contributed by atoms with Crippen molar-refractivity contribution >= 4 is 29.6 Å². The van der Waals surface area contributed by atoms with Crippen LogP contribution in [0.4, 0.5) is 14.9 Å². The Labute approximate surface area is 190 Å². The summed E-state index contributed by atoms with van der Waals surface area (Å²) in [6.45, 7) is 4.87. The highest BCUT2D eigenvalue weighted by Crippen LogP contribution is 2.23. The fourth-order valence-electron chi connectivity index (χ4n) is 3.61. The van der Waals surface area contributed by atoms with Gasteiger partial charge in [0.15, 0.2) is 0 Å². The first-order chi connectivity index (χ1) is 15.8. The molecule has 2 heterocycles. The number of ether oxygens (including phenoxy) is 1. The summed E-state index contributed by atoms with van der Waals surface area (Å²) in [6.07, 6.45) is 3.24. The third kappa shape index (κ3) is 4.69. The number of nitrogens with one attached hydrogen (secondary N) is 1. The summed E-state index contributed by atoms with van der Waals surface area (Å²) in [6, 6.07) is 13.5. The molecular weight excluding hydrogens is 425 g/mol. The first-order valence-electron chi connectivity index (χ1n) is 10.4. The van der Waals surface area contributed by atoms with E-state index in [-0.39, 0.29) is 11.3 Å². The molecule has 0 atom stereocenters. The van der Waals surface area contributed by atoms with E-state index in [0.29, 0.717) is 18.8 Å². The standard InChI is InChI=1S/C25H22FN3O4/c1-16-5-10-22(17(2)14-16)33-13-12-28-11-3-4-20(28)15-21-23(30)27-25(32)29(24(21)31)19-8-6-18(26)7-9-19/h3-11,14-15H,12-13H2,1-2H3,(H,27,30,32)/b21-15+. The molecule has 0 spiro atoms. The topological polar surface area (TPSA) is 80.6 Å². The number of rotatable bonds is 6. The van der Waals surface area contributed by atoms with Crippen LogP contribution in [-0.2, 0) is 16.1 Å². The molecule has 1 fully saturated rings. The predicted octanol–water partition coefficient (Wildman–Crippen LogP) is 3.99. The van der Waals surface area contributed by atoms with Gasteiger partial charge in [-0.25, -0.2) is 14.1 Å². The van der Waals surface area contributed by atoms with Gasteiger partial charge in [0, 0.05) is 11.9 Å². The minimum atomic E-state index is -0.883. The molecular formula is C25H22FN3O4. The second-order valence-corrected chi connectivity index (χ2v) is 7.68. The minimum Gasteiger partial charge on any atom is -0.491 e. The number of aryl methyl sites for hydroxylation is 2. The lowest BCUT2D eigenvalue weighted by Crippen LogP contribution is -2.54. The van der Waals surface area contributed by atoms with Crippen LogP contribution in [0.1, 0.15) is 16.8 Å². The number of aromatic nitrogens is 1. The van der Waals surface area contributed by atoms with Gasteiger partial charge < -0.3 is 9.30 Å². The van der Waals surface area contributed by atoms with Crippen molar-refractivity contribution in [2.45, 2.75) is 20.4 Å². The Hall–Kier alpha value is -4.20. The third-order valence-corrected chi connectivity index (χ3v) is 5.26. The molecule has 8 heteroatoms. The van der Waals surface area contributed by atoms with Crippen molar-refractivity contribution in [1.82, 2.24) is 9.88 Å². The molecule has 0 radical (unpaired) electrons. The molecule has 4 rings (SSSR count). The molecule has 0 bridgehead atoms. The molecule has 1 N–H and O–H groups in total. The zero-order chi connectivity index (χ0) is 23.5. The minimum absolute atomic E-state index is 0.162. The average Bonchev–Trinajstić information content (AvgIpc) is 3.21. The van der Waals surface area contributed by atoms with Gasteiger partial charge in [0.25, 0.3) is 11.8 Å². The molecule has 1 aliphatic heterocycles. The number of benzene rings is 2. The van der Waals surface area contributed by atoms with Gasteiger partial charge in [-0.05, 0) is 68.0 Å². The highest BCUT2D eigenvalue weighted by atomic mass is 19.1. The lowest BCUT2D eigenvalue weighted by atomic mass is 10.1. The fraction of sp³-hybridized carbons (Fsp3) is 0.160. The number of imide groups is 2. The number of carbonyl (C=O) groups excluding carboxylic acids is 3. The smallest absolute Gasteiger partial charge is 0.335 e. The molecule has 2 aromatic carbocycles. The quantitative estimate of drug-likeness (QED) is 0.458. The van der Waals surface area contributed by atoms with E-state index in [0.717, 1.165) is 33.9 Å². The molecule has 7 nitrogen and oxygen atoms in total. The van der Waals surface area contributed by atoms with E-state index in [1.165, 1.54) is 18.2 Å². The lowest BCUT2D eigenvalue weighted by Gasteiger charge is -2.26. The SMILES string of the molecule is Cc1ccc(OCCn2cccc2/C=C2\C(=O)NC(=O)N(c3ccc(F)cc3)C2=O)c(C)c1. The van der Waals surface area contributed by atoms with Gasteiger partial charge in [-0.1, -0.05) is 17.7 Å². The van der Waals surface area contributed by atoms with E-state index in [1.54, 1.807) is 12.1 Å². The van der Waals surface area contributed by atoms with Crippen molar-refractivity contribution in [3.05, 3.63) is 89.0 Å². The molecule has 4 amide bonds.